The van der Waals surface area contributed by atoms with Gasteiger partial charge in [-0.1, -0.05) is 96.7 Å². The van der Waals surface area contributed by atoms with Crippen molar-refractivity contribution in [1.29, 1.82) is 0 Å². The van der Waals surface area contributed by atoms with Crippen LogP contribution < -0.4 is 21.3 Å². The van der Waals surface area contributed by atoms with Gasteiger partial charge in [0.1, 0.15) is 47.6 Å². The number of hydrogen-bond acceptors (Lipinski definition) is 11. The summed E-state index contributed by atoms with van der Waals surface area (Å²) in [6.07, 6.45) is -3.40. The minimum atomic E-state index is -4.77. The summed E-state index contributed by atoms with van der Waals surface area (Å²) in [7, 11) is 8.04. The van der Waals surface area contributed by atoms with Crippen molar-refractivity contribution < 1.29 is 70.3 Å². The SMILES string of the molecule is CC[C@H](C)[C@@H]1NC(=O)[C@H](CC(C)C)N(C)C(=O)C[C@@H](C)NC(=O)[C@H](C(C)C)N(C)C(=O)C2(CCCC2)NC(=O)C2CCCN2C(=O)[C@H](CCc2ccc(C(F)(F)F)c(Cl)c2)NC(=O)CN(C)C(=O)[C@H](Cc2ccccc2F)N(C)C(=O)CN(C)C(=O)CN(C)C1=O. The summed E-state index contributed by atoms with van der Waals surface area (Å²) >= 11 is 6.09. The zero-order chi connectivity index (χ0) is 68.1. The van der Waals surface area contributed by atoms with Gasteiger partial charge in [0.15, 0.2) is 0 Å². The predicted octanol–water partition coefficient (Wildman–Crippen LogP) is 4.58. The zero-order valence-corrected chi connectivity index (χ0v) is 55.4. The molecule has 8 atom stereocenters. The van der Waals surface area contributed by atoms with E-state index < -0.39 is 173 Å². The highest BCUT2D eigenvalue weighted by atomic mass is 35.5. The summed E-state index contributed by atoms with van der Waals surface area (Å²) in [5.41, 5.74) is -2.34. The third kappa shape index (κ3) is 19.1. The van der Waals surface area contributed by atoms with Crippen molar-refractivity contribution >= 4 is 76.6 Å². The van der Waals surface area contributed by atoms with Crippen LogP contribution in [0.25, 0.3) is 0 Å². The molecule has 1 spiro atoms. The van der Waals surface area contributed by atoms with Crippen LogP contribution >= 0.6 is 11.6 Å². The van der Waals surface area contributed by atoms with E-state index in [0.717, 1.165) is 37.8 Å². The molecule has 2 aromatic rings. The Morgan fingerprint density at radius 1 is 0.681 bits per heavy atom. The first kappa shape index (κ1) is 74.3. The van der Waals surface area contributed by atoms with Crippen LogP contribution in [0.4, 0.5) is 17.6 Å². The van der Waals surface area contributed by atoms with Crippen LogP contribution in [0.15, 0.2) is 42.5 Å². The number of benzene rings is 2. The van der Waals surface area contributed by atoms with Crippen molar-refractivity contribution in [1.82, 2.24) is 55.6 Å². The Morgan fingerprint density at radius 2 is 1.30 bits per heavy atom. The molecule has 2 saturated heterocycles. The molecule has 1 aliphatic carbocycles. The first-order valence-corrected chi connectivity index (χ1v) is 31.6. The molecule has 1 saturated carbocycles. The topological polar surface area (TPSA) is 259 Å². The van der Waals surface area contributed by atoms with Crippen molar-refractivity contribution in [2.75, 3.05) is 68.5 Å². The number of nitrogens with one attached hydrogen (secondary N) is 4. The van der Waals surface area contributed by atoms with E-state index in [9.17, 15) is 65.9 Å². The molecule has 504 valence electrons. The molecular formula is C64H92ClF4N11O11. The first-order valence-electron chi connectivity index (χ1n) is 31.2. The van der Waals surface area contributed by atoms with Gasteiger partial charge in [-0.3, -0.25) is 52.7 Å². The quantitative estimate of drug-likeness (QED) is 0.240. The van der Waals surface area contributed by atoms with Crippen molar-refractivity contribution in [2.45, 2.75) is 180 Å². The number of halogens is 5. The molecule has 2 aliphatic heterocycles. The Bertz CT molecular complexity index is 3000. The van der Waals surface area contributed by atoms with Gasteiger partial charge in [0.25, 0.3) is 0 Å². The van der Waals surface area contributed by atoms with Crippen molar-refractivity contribution in [3.8, 4) is 0 Å². The second-order valence-corrected chi connectivity index (χ2v) is 26.0. The molecule has 0 bridgehead atoms. The van der Waals surface area contributed by atoms with Gasteiger partial charge >= 0.3 is 6.18 Å². The van der Waals surface area contributed by atoms with E-state index in [4.69, 9.17) is 11.6 Å². The number of amides is 11. The van der Waals surface area contributed by atoms with E-state index >= 15 is 4.39 Å². The molecule has 0 aromatic heterocycles. The lowest BCUT2D eigenvalue weighted by Crippen LogP contribution is -2.64. The molecule has 11 amide bonds. The Balaban J connectivity index is 1.56. The van der Waals surface area contributed by atoms with Gasteiger partial charge < -0.3 is 55.6 Å². The average molecular weight is 1300 g/mol. The second kappa shape index (κ2) is 32.3. The lowest BCUT2D eigenvalue weighted by molar-refractivity contribution is -0.149. The van der Waals surface area contributed by atoms with Gasteiger partial charge in [0.05, 0.1) is 30.2 Å². The highest BCUT2D eigenvalue weighted by Crippen LogP contribution is 2.36. The largest absolute Gasteiger partial charge is 0.417 e. The summed E-state index contributed by atoms with van der Waals surface area (Å²) in [5, 5.41) is 10.7. The lowest BCUT2D eigenvalue weighted by Gasteiger charge is -2.39. The molecule has 2 aromatic carbocycles. The normalized spacial score (nSPS) is 24.9. The highest BCUT2D eigenvalue weighted by molar-refractivity contribution is 6.31. The summed E-state index contributed by atoms with van der Waals surface area (Å²) < 4.78 is 56.6. The van der Waals surface area contributed by atoms with E-state index in [1.165, 1.54) is 81.3 Å². The second-order valence-electron chi connectivity index (χ2n) is 25.6. The van der Waals surface area contributed by atoms with Gasteiger partial charge in [-0.15, -0.1) is 0 Å². The maximum atomic E-state index is 15.4. The fraction of sp³-hybridized carbons (Fsp3) is 0.641. The third-order valence-electron chi connectivity index (χ3n) is 17.7. The summed E-state index contributed by atoms with van der Waals surface area (Å²) in [5.74, 6) is -9.56. The maximum absolute atomic E-state index is 15.4. The monoisotopic (exact) mass is 1300 g/mol. The summed E-state index contributed by atoms with van der Waals surface area (Å²) in [6.45, 7) is 10.4. The van der Waals surface area contributed by atoms with Crippen LogP contribution in [0.2, 0.25) is 5.02 Å². The number of carbonyl (C=O) groups excluding carboxylic acids is 11. The van der Waals surface area contributed by atoms with E-state index in [1.807, 2.05) is 20.8 Å². The van der Waals surface area contributed by atoms with Crippen LogP contribution in [-0.4, -0.2) is 216 Å². The van der Waals surface area contributed by atoms with Crippen LogP contribution in [0, 0.1) is 23.6 Å². The van der Waals surface area contributed by atoms with E-state index in [0.29, 0.717) is 25.7 Å². The molecule has 3 fully saturated rings. The molecule has 1 unspecified atom stereocenters. The third-order valence-corrected chi connectivity index (χ3v) is 18.0. The van der Waals surface area contributed by atoms with E-state index in [-0.39, 0.29) is 68.5 Å². The fourth-order valence-corrected chi connectivity index (χ4v) is 12.4. The smallest absolute Gasteiger partial charge is 0.351 e. The van der Waals surface area contributed by atoms with Gasteiger partial charge in [-0.05, 0) is 98.9 Å². The minimum absolute atomic E-state index is 0.0126. The maximum Gasteiger partial charge on any atom is 0.417 e. The molecule has 91 heavy (non-hydrogen) atoms. The molecular weight excluding hydrogens is 1210 g/mol. The molecule has 2 heterocycles. The van der Waals surface area contributed by atoms with Crippen LogP contribution in [0.1, 0.15) is 129 Å². The number of carbonyl (C=O) groups is 11. The average Bonchev–Trinajstić information content (AvgIpc) is 1.78. The van der Waals surface area contributed by atoms with Crippen molar-refractivity contribution in [3.63, 3.8) is 0 Å². The molecule has 4 N–H and O–H groups in total. The molecule has 27 heteroatoms. The summed E-state index contributed by atoms with van der Waals surface area (Å²) in [4.78, 5) is 167. The molecule has 5 rings (SSSR count). The standard InChI is InChI=1S/C64H92ClF4N11O11/c1-14-39(6)54-61(90)76(10)35-52(83)74(8)36-53(84)78(12)49(33-42-20-15-16-21-45(42)66)60(89)75(9)34-50(81)71-46(26-24-41-23-25-43(44(65)32-41)64(67,68)69)59(88)80-29-19-22-47(80)57(86)73-63(27-17-18-28-63)62(91)79(13)55(38(4)5)58(87)70-40(7)31-51(82)77(11)48(30-37(2)3)56(85)72-54/h15-16,20-21,23,25,32,37-40,46-49,54-55H,14,17-19,22,24,26-31,33-36H2,1-13H3,(H,70,87)(H,71,81)(H,72,85)(H,73,86)/t39-,40+,46-,47?,48-,49-,54-,55-/m0/s1. The first-order chi connectivity index (χ1) is 42.5. The number of hydrogen-bond donors (Lipinski definition) is 4. The predicted molar refractivity (Wildman–Crippen MR) is 331 cm³/mol. The van der Waals surface area contributed by atoms with Gasteiger partial charge in [0.2, 0.25) is 65.0 Å². The van der Waals surface area contributed by atoms with Crippen LogP contribution in [0.3, 0.4) is 0 Å². The number of fused-ring (bicyclic) bond motifs is 1. The molecule has 3 aliphatic rings. The van der Waals surface area contributed by atoms with Gasteiger partial charge in [0, 0.05) is 67.7 Å². The minimum Gasteiger partial charge on any atom is -0.351 e. The van der Waals surface area contributed by atoms with E-state index in [2.05, 4.69) is 21.3 Å². The van der Waals surface area contributed by atoms with Crippen LogP contribution in [0.5, 0.6) is 0 Å². The van der Waals surface area contributed by atoms with Crippen molar-refractivity contribution in [2.24, 2.45) is 17.8 Å². The number of rotatable bonds is 10. The highest BCUT2D eigenvalue weighted by Gasteiger charge is 2.49. The Labute approximate surface area is 536 Å². The van der Waals surface area contributed by atoms with Gasteiger partial charge in [-0.25, -0.2) is 4.39 Å². The molecule has 0 radical (unpaired) electrons. The fourth-order valence-electron chi connectivity index (χ4n) is 12.1. The zero-order valence-electron chi connectivity index (χ0n) is 54.6. The van der Waals surface area contributed by atoms with Crippen LogP contribution in [-0.2, 0) is 71.8 Å². The number of nitrogens with zero attached hydrogens (tertiary/aromatic N) is 7. The Morgan fingerprint density at radius 3 is 1.89 bits per heavy atom. The lowest BCUT2D eigenvalue weighted by atomic mass is 9.92. The summed E-state index contributed by atoms with van der Waals surface area (Å²) in [6, 6.07) is 0.154. The number of likely N-dealkylation sites (N-methyl/N-ethyl adjacent to an activating group) is 6. The Kier molecular flexibility index (Phi) is 26.4. The number of aryl methyl sites for hydroxylation is 1. The van der Waals surface area contributed by atoms with E-state index in [1.54, 1.807) is 27.7 Å². The molecule has 22 nitrogen and oxygen atoms in total. The number of alkyl halides is 3. The van der Waals surface area contributed by atoms with Crippen molar-refractivity contribution in [3.05, 3.63) is 70.0 Å². The van der Waals surface area contributed by atoms with Gasteiger partial charge in [-0.2, -0.15) is 13.2 Å². The Hall–Kier alpha value is -7.38.